The lowest BCUT2D eigenvalue weighted by Crippen LogP contribution is -2.35. The number of anilines is 3. The van der Waals surface area contributed by atoms with Gasteiger partial charge >= 0.3 is 0 Å². The zero-order valence-corrected chi connectivity index (χ0v) is 21.6. The van der Waals surface area contributed by atoms with E-state index in [2.05, 4.69) is 32.9 Å². The maximum absolute atomic E-state index is 14.2. The molecule has 4 aromatic carbocycles. The summed E-state index contributed by atoms with van der Waals surface area (Å²) in [6, 6.07) is 28.7. The maximum atomic E-state index is 14.2. The number of benzene rings is 4. The van der Waals surface area contributed by atoms with E-state index in [0.29, 0.717) is 22.5 Å². The smallest absolute Gasteiger partial charge is 0.266 e. The number of nitrogen functional groups attached to an aromatic ring is 1. The maximum Gasteiger partial charge on any atom is 0.266 e. The fourth-order valence-corrected chi connectivity index (χ4v) is 4.67. The number of para-hydroxylation sites is 1. The first kappa shape index (κ1) is 25.0. The molecule has 6 heteroatoms. The van der Waals surface area contributed by atoms with Gasteiger partial charge in [0.2, 0.25) is 0 Å². The van der Waals surface area contributed by atoms with Crippen LogP contribution in [-0.4, -0.2) is 17.7 Å². The lowest BCUT2D eigenvalue weighted by atomic mass is 9.87. The number of hydrogen-bond acceptors (Lipinski definition) is 4. The average molecular weight is 504 g/mol. The Balaban J connectivity index is 1.55. The van der Waals surface area contributed by atoms with Crippen molar-refractivity contribution in [3.63, 3.8) is 0 Å². The molecule has 0 saturated carbocycles. The van der Waals surface area contributed by atoms with Crippen molar-refractivity contribution in [1.82, 2.24) is 0 Å². The Bertz CT molecular complexity index is 1520. The predicted molar refractivity (Wildman–Crippen MR) is 151 cm³/mol. The first-order chi connectivity index (χ1) is 18.1. The van der Waals surface area contributed by atoms with Gasteiger partial charge in [0.1, 0.15) is 0 Å². The monoisotopic (exact) mass is 503 g/mol. The largest absolute Gasteiger partial charge is 0.399 e. The highest BCUT2D eigenvalue weighted by Gasteiger charge is 2.38. The standard InChI is InChI=1S/C32H29N3O3/c1-32(2,3)22-17-15-21(16-18-22)20-34(24-10-8-9-23(33)19-24)29(36)27-13-6-7-14-28(27)35-30(37)25-11-4-5-12-26(25)31(35)38/h4-19H,20,33H2,1-3H3. The summed E-state index contributed by atoms with van der Waals surface area (Å²) in [6.07, 6.45) is 0. The van der Waals surface area contributed by atoms with Crippen LogP contribution in [-0.2, 0) is 12.0 Å². The van der Waals surface area contributed by atoms with Gasteiger partial charge in [-0.05, 0) is 59.0 Å². The van der Waals surface area contributed by atoms with Crippen molar-refractivity contribution >= 4 is 34.8 Å². The fraction of sp³-hybridized carbons (Fsp3) is 0.156. The summed E-state index contributed by atoms with van der Waals surface area (Å²) in [7, 11) is 0. The van der Waals surface area contributed by atoms with Gasteiger partial charge in [-0.3, -0.25) is 14.4 Å². The van der Waals surface area contributed by atoms with Gasteiger partial charge in [-0.1, -0.05) is 75.4 Å². The lowest BCUT2D eigenvalue weighted by molar-refractivity contribution is 0.0926. The summed E-state index contributed by atoms with van der Waals surface area (Å²) in [6.45, 7) is 6.74. The third-order valence-corrected chi connectivity index (χ3v) is 6.76. The highest BCUT2D eigenvalue weighted by molar-refractivity contribution is 6.35. The third-order valence-electron chi connectivity index (χ3n) is 6.76. The molecule has 4 aromatic rings. The van der Waals surface area contributed by atoms with E-state index in [1.807, 2.05) is 18.2 Å². The van der Waals surface area contributed by atoms with Gasteiger partial charge in [-0.15, -0.1) is 0 Å². The van der Waals surface area contributed by atoms with Crippen LogP contribution in [0.15, 0.2) is 97.1 Å². The molecule has 1 aliphatic rings. The molecule has 0 bridgehead atoms. The minimum absolute atomic E-state index is 0.00718. The van der Waals surface area contributed by atoms with Crippen molar-refractivity contribution in [3.8, 4) is 0 Å². The molecule has 6 nitrogen and oxygen atoms in total. The second-order valence-corrected chi connectivity index (χ2v) is 10.4. The molecule has 1 aliphatic heterocycles. The van der Waals surface area contributed by atoms with Crippen molar-refractivity contribution < 1.29 is 14.4 Å². The van der Waals surface area contributed by atoms with Crippen LogP contribution < -0.4 is 15.5 Å². The molecule has 5 rings (SSSR count). The Labute approximate surface area is 222 Å². The molecule has 0 aromatic heterocycles. The van der Waals surface area contributed by atoms with Crippen LogP contribution in [0.4, 0.5) is 17.1 Å². The van der Waals surface area contributed by atoms with Crippen LogP contribution >= 0.6 is 0 Å². The molecule has 0 unspecified atom stereocenters. The molecule has 190 valence electrons. The van der Waals surface area contributed by atoms with E-state index in [1.54, 1.807) is 71.6 Å². The third kappa shape index (κ3) is 4.57. The molecular weight excluding hydrogens is 474 g/mol. The quantitative estimate of drug-likeness (QED) is 0.259. The average Bonchev–Trinajstić information content (AvgIpc) is 3.16. The number of hydrogen-bond donors (Lipinski definition) is 1. The summed E-state index contributed by atoms with van der Waals surface area (Å²) >= 11 is 0. The Morgan fingerprint density at radius 3 is 2.00 bits per heavy atom. The predicted octanol–water partition coefficient (Wildman–Crippen LogP) is 6.21. The van der Waals surface area contributed by atoms with Gasteiger partial charge in [0.15, 0.2) is 0 Å². The number of nitrogens with zero attached hydrogens (tertiary/aromatic N) is 2. The summed E-state index contributed by atoms with van der Waals surface area (Å²) in [5.74, 6) is -1.24. The number of nitrogens with two attached hydrogens (primary N) is 1. The van der Waals surface area contributed by atoms with Gasteiger partial charge in [-0.25, -0.2) is 4.90 Å². The molecule has 3 amide bonds. The first-order valence-corrected chi connectivity index (χ1v) is 12.5. The second kappa shape index (κ2) is 9.63. The van der Waals surface area contributed by atoms with E-state index in [-0.39, 0.29) is 29.1 Å². The Morgan fingerprint density at radius 2 is 1.39 bits per heavy atom. The molecule has 0 aliphatic carbocycles. The van der Waals surface area contributed by atoms with Crippen molar-refractivity contribution in [2.24, 2.45) is 0 Å². The topological polar surface area (TPSA) is 83.7 Å². The minimum Gasteiger partial charge on any atom is -0.399 e. The lowest BCUT2D eigenvalue weighted by Gasteiger charge is -2.26. The van der Waals surface area contributed by atoms with Crippen LogP contribution in [0.1, 0.15) is 63.0 Å². The number of fused-ring (bicyclic) bond motifs is 1. The molecule has 0 atom stereocenters. The highest BCUT2D eigenvalue weighted by atomic mass is 16.2. The summed E-state index contributed by atoms with van der Waals surface area (Å²) in [5, 5.41) is 0. The van der Waals surface area contributed by atoms with Crippen molar-refractivity contribution in [2.75, 3.05) is 15.5 Å². The zero-order valence-electron chi connectivity index (χ0n) is 21.6. The first-order valence-electron chi connectivity index (χ1n) is 12.5. The van der Waals surface area contributed by atoms with E-state index in [0.717, 1.165) is 10.5 Å². The van der Waals surface area contributed by atoms with E-state index in [1.165, 1.54) is 5.56 Å². The van der Waals surface area contributed by atoms with Crippen molar-refractivity contribution in [2.45, 2.75) is 32.7 Å². The van der Waals surface area contributed by atoms with Crippen LogP contribution in [0.2, 0.25) is 0 Å². The van der Waals surface area contributed by atoms with Gasteiger partial charge in [0.05, 0.1) is 28.9 Å². The van der Waals surface area contributed by atoms with Crippen LogP contribution in [0, 0.1) is 0 Å². The number of carbonyl (C=O) groups is 3. The molecule has 0 fully saturated rings. The highest BCUT2D eigenvalue weighted by Crippen LogP contribution is 2.33. The second-order valence-electron chi connectivity index (χ2n) is 10.4. The number of imide groups is 1. The van der Waals surface area contributed by atoms with E-state index in [4.69, 9.17) is 5.73 Å². The number of amides is 3. The summed E-state index contributed by atoms with van der Waals surface area (Å²) in [4.78, 5) is 43.4. The normalized spacial score (nSPS) is 13.0. The Kier molecular flexibility index (Phi) is 6.33. The van der Waals surface area contributed by atoms with Gasteiger partial charge in [-0.2, -0.15) is 0 Å². The Hall–Kier alpha value is -4.71. The molecule has 38 heavy (non-hydrogen) atoms. The van der Waals surface area contributed by atoms with Crippen molar-refractivity contribution in [1.29, 1.82) is 0 Å². The molecule has 1 heterocycles. The van der Waals surface area contributed by atoms with Crippen LogP contribution in [0.3, 0.4) is 0 Å². The van der Waals surface area contributed by atoms with E-state index < -0.39 is 11.8 Å². The summed E-state index contributed by atoms with van der Waals surface area (Å²) < 4.78 is 0. The van der Waals surface area contributed by atoms with Gasteiger partial charge in [0, 0.05) is 11.4 Å². The van der Waals surface area contributed by atoms with Crippen molar-refractivity contribution in [3.05, 3.63) is 125 Å². The molecule has 0 saturated heterocycles. The van der Waals surface area contributed by atoms with Gasteiger partial charge < -0.3 is 10.6 Å². The SMILES string of the molecule is CC(C)(C)c1ccc(CN(C(=O)c2ccccc2N2C(=O)c3ccccc3C2=O)c2cccc(N)c2)cc1. The minimum atomic E-state index is -0.445. The van der Waals surface area contributed by atoms with E-state index >= 15 is 0 Å². The molecule has 0 radical (unpaired) electrons. The zero-order chi connectivity index (χ0) is 27.0. The number of carbonyl (C=O) groups excluding carboxylic acids is 3. The number of rotatable bonds is 5. The summed E-state index contributed by atoms with van der Waals surface area (Å²) in [5.41, 5.74) is 10.5. The fourth-order valence-electron chi connectivity index (χ4n) is 4.67. The molecule has 0 spiro atoms. The Morgan fingerprint density at radius 1 is 0.789 bits per heavy atom. The van der Waals surface area contributed by atoms with Crippen LogP contribution in [0.25, 0.3) is 0 Å². The molecule has 2 N–H and O–H groups in total. The van der Waals surface area contributed by atoms with Crippen LogP contribution in [0.5, 0.6) is 0 Å². The molecular formula is C32H29N3O3. The van der Waals surface area contributed by atoms with E-state index in [9.17, 15) is 14.4 Å². The van der Waals surface area contributed by atoms with Gasteiger partial charge in [0.25, 0.3) is 17.7 Å².